The highest BCUT2D eigenvalue weighted by molar-refractivity contribution is 5.94. The van der Waals surface area contributed by atoms with Gasteiger partial charge in [0.25, 0.3) is 5.91 Å². The smallest absolute Gasteiger partial charge is 0.354 e. The molecule has 0 saturated carbocycles. The summed E-state index contributed by atoms with van der Waals surface area (Å²) in [5.74, 6) is -1.37. The Morgan fingerprint density at radius 3 is 2.56 bits per heavy atom. The van der Waals surface area contributed by atoms with Crippen molar-refractivity contribution in [2.24, 2.45) is 0 Å². The van der Waals surface area contributed by atoms with Gasteiger partial charge in [-0.2, -0.15) is 0 Å². The zero-order valence-corrected chi connectivity index (χ0v) is 10.7. The van der Waals surface area contributed by atoms with E-state index in [1.54, 1.807) is 11.9 Å². The summed E-state index contributed by atoms with van der Waals surface area (Å²) in [5.41, 5.74) is 0.0664. The van der Waals surface area contributed by atoms with Crippen molar-refractivity contribution in [1.29, 1.82) is 0 Å². The molecule has 1 aromatic heterocycles. The van der Waals surface area contributed by atoms with E-state index in [0.717, 1.165) is 19.3 Å². The van der Waals surface area contributed by atoms with E-state index in [2.05, 4.69) is 11.9 Å². The maximum atomic E-state index is 12.0. The van der Waals surface area contributed by atoms with Crippen molar-refractivity contribution in [3.63, 3.8) is 0 Å². The van der Waals surface area contributed by atoms with Gasteiger partial charge in [0.1, 0.15) is 11.4 Å². The van der Waals surface area contributed by atoms with E-state index >= 15 is 0 Å². The Balaban J connectivity index is 2.71. The van der Waals surface area contributed by atoms with Gasteiger partial charge >= 0.3 is 5.97 Å². The highest BCUT2D eigenvalue weighted by atomic mass is 16.4. The van der Waals surface area contributed by atoms with E-state index in [4.69, 9.17) is 5.11 Å². The fraction of sp³-hybridized carbons (Fsp3) is 0.462. The number of carbonyl (C=O) groups excluding carboxylic acids is 1. The number of nitrogens with zero attached hydrogens (tertiary/aromatic N) is 2. The van der Waals surface area contributed by atoms with Gasteiger partial charge in [-0.3, -0.25) is 4.79 Å². The van der Waals surface area contributed by atoms with Gasteiger partial charge in [-0.25, -0.2) is 9.78 Å². The molecule has 1 N–H and O–H groups in total. The first-order valence-corrected chi connectivity index (χ1v) is 6.02. The van der Waals surface area contributed by atoms with E-state index in [1.807, 2.05) is 0 Å². The van der Waals surface area contributed by atoms with Crippen molar-refractivity contribution in [2.75, 3.05) is 13.6 Å². The molecule has 0 saturated heterocycles. The minimum Gasteiger partial charge on any atom is -0.477 e. The second kappa shape index (κ2) is 6.74. The average Bonchev–Trinajstić information content (AvgIpc) is 2.38. The van der Waals surface area contributed by atoms with Crippen LogP contribution in [0.4, 0.5) is 0 Å². The molecule has 98 valence electrons. The summed E-state index contributed by atoms with van der Waals surface area (Å²) in [4.78, 5) is 28.2. The molecule has 0 aliphatic carbocycles. The van der Waals surface area contributed by atoms with Crippen LogP contribution in [0.5, 0.6) is 0 Å². The van der Waals surface area contributed by atoms with Crippen LogP contribution < -0.4 is 0 Å². The second-order valence-corrected chi connectivity index (χ2v) is 4.15. The largest absolute Gasteiger partial charge is 0.477 e. The molecule has 5 heteroatoms. The molecule has 0 fully saturated rings. The zero-order chi connectivity index (χ0) is 13.5. The summed E-state index contributed by atoms with van der Waals surface area (Å²) in [6.07, 6.45) is 3.10. The summed E-state index contributed by atoms with van der Waals surface area (Å²) in [6.45, 7) is 2.76. The molecule has 18 heavy (non-hydrogen) atoms. The number of aromatic carboxylic acids is 1. The van der Waals surface area contributed by atoms with Crippen LogP contribution >= 0.6 is 0 Å². The number of carboxylic acids is 1. The van der Waals surface area contributed by atoms with Crippen LogP contribution in [-0.2, 0) is 0 Å². The van der Waals surface area contributed by atoms with Gasteiger partial charge in [0, 0.05) is 13.6 Å². The van der Waals surface area contributed by atoms with Gasteiger partial charge in [0.2, 0.25) is 0 Å². The highest BCUT2D eigenvalue weighted by Crippen LogP contribution is 2.05. The van der Waals surface area contributed by atoms with Crippen LogP contribution in [0.2, 0.25) is 0 Å². The Labute approximate surface area is 106 Å². The molecule has 0 aliphatic heterocycles. The zero-order valence-electron chi connectivity index (χ0n) is 10.7. The molecule has 1 rings (SSSR count). The molecule has 1 aromatic rings. The highest BCUT2D eigenvalue weighted by Gasteiger charge is 2.14. The number of rotatable bonds is 6. The van der Waals surface area contributed by atoms with Crippen molar-refractivity contribution in [2.45, 2.75) is 26.2 Å². The Kier molecular flexibility index (Phi) is 5.30. The minimum atomic E-state index is -1.13. The number of carbonyl (C=O) groups is 2. The predicted octanol–water partition coefficient (Wildman–Crippen LogP) is 2.04. The van der Waals surface area contributed by atoms with Gasteiger partial charge in [0.05, 0.1) is 0 Å². The molecule has 5 nitrogen and oxygen atoms in total. The number of hydrogen-bond donors (Lipinski definition) is 1. The number of amides is 1. The third-order valence-electron chi connectivity index (χ3n) is 2.63. The molecule has 0 radical (unpaired) electrons. The molecule has 0 aromatic carbocycles. The van der Waals surface area contributed by atoms with Crippen LogP contribution in [0.3, 0.4) is 0 Å². The molecule has 1 heterocycles. The van der Waals surface area contributed by atoms with Gasteiger partial charge in [-0.15, -0.1) is 0 Å². The summed E-state index contributed by atoms with van der Waals surface area (Å²) in [6, 6.07) is 4.44. The van der Waals surface area contributed by atoms with Crippen molar-refractivity contribution >= 4 is 11.9 Å². The number of aromatic nitrogens is 1. The first-order valence-electron chi connectivity index (χ1n) is 6.02. The SMILES string of the molecule is CCCCCN(C)C(=O)c1cccc(C(=O)O)n1. The fourth-order valence-electron chi connectivity index (χ4n) is 1.57. The Hall–Kier alpha value is -1.91. The third-order valence-corrected chi connectivity index (χ3v) is 2.63. The Bertz CT molecular complexity index is 432. The summed E-state index contributed by atoms with van der Waals surface area (Å²) >= 11 is 0. The maximum absolute atomic E-state index is 12.0. The molecule has 0 spiro atoms. The van der Waals surface area contributed by atoms with Gasteiger partial charge in [0.15, 0.2) is 0 Å². The maximum Gasteiger partial charge on any atom is 0.354 e. The lowest BCUT2D eigenvalue weighted by Crippen LogP contribution is -2.28. The monoisotopic (exact) mass is 250 g/mol. The molecule has 0 aliphatic rings. The van der Waals surface area contributed by atoms with Crippen LogP contribution in [0.1, 0.15) is 47.2 Å². The van der Waals surface area contributed by atoms with Crippen molar-refractivity contribution in [1.82, 2.24) is 9.88 Å². The fourth-order valence-corrected chi connectivity index (χ4v) is 1.57. The quantitative estimate of drug-likeness (QED) is 0.784. The lowest BCUT2D eigenvalue weighted by Gasteiger charge is -2.16. The number of pyridine rings is 1. The normalized spacial score (nSPS) is 10.1. The summed E-state index contributed by atoms with van der Waals surface area (Å²) in [5, 5.41) is 8.82. The Morgan fingerprint density at radius 2 is 1.94 bits per heavy atom. The van der Waals surface area contributed by atoms with Crippen molar-refractivity contribution < 1.29 is 14.7 Å². The molecule has 0 bridgehead atoms. The second-order valence-electron chi connectivity index (χ2n) is 4.15. The molecule has 0 atom stereocenters. The molecular formula is C13H18N2O3. The van der Waals surface area contributed by atoms with Gasteiger partial charge < -0.3 is 10.0 Å². The molecule has 0 unspecified atom stereocenters. The van der Waals surface area contributed by atoms with E-state index < -0.39 is 5.97 Å². The lowest BCUT2D eigenvalue weighted by atomic mass is 10.2. The van der Waals surface area contributed by atoms with Crippen molar-refractivity contribution in [3.05, 3.63) is 29.6 Å². The first-order chi connectivity index (χ1) is 8.56. The number of unbranched alkanes of at least 4 members (excludes halogenated alkanes) is 2. The summed E-state index contributed by atoms with van der Waals surface area (Å²) in [7, 11) is 1.70. The molecule has 1 amide bonds. The van der Waals surface area contributed by atoms with Crippen LogP contribution in [0.15, 0.2) is 18.2 Å². The average molecular weight is 250 g/mol. The van der Waals surface area contributed by atoms with E-state index in [9.17, 15) is 9.59 Å². The first kappa shape index (κ1) is 14.2. The minimum absolute atomic E-state index is 0.109. The van der Waals surface area contributed by atoms with E-state index in [-0.39, 0.29) is 17.3 Å². The molecular weight excluding hydrogens is 232 g/mol. The van der Waals surface area contributed by atoms with Gasteiger partial charge in [-0.05, 0) is 18.6 Å². The summed E-state index contributed by atoms with van der Waals surface area (Å²) < 4.78 is 0. The number of hydrogen-bond acceptors (Lipinski definition) is 3. The van der Waals surface area contributed by atoms with Gasteiger partial charge in [-0.1, -0.05) is 25.8 Å². The predicted molar refractivity (Wildman–Crippen MR) is 67.7 cm³/mol. The Morgan fingerprint density at radius 1 is 1.28 bits per heavy atom. The van der Waals surface area contributed by atoms with E-state index in [0.29, 0.717) is 6.54 Å². The van der Waals surface area contributed by atoms with Crippen LogP contribution in [0, 0.1) is 0 Å². The van der Waals surface area contributed by atoms with Crippen LogP contribution in [-0.4, -0.2) is 40.5 Å². The topological polar surface area (TPSA) is 70.5 Å². The lowest BCUT2D eigenvalue weighted by molar-refractivity contribution is 0.0690. The third kappa shape index (κ3) is 3.84. The standard InChI is InChI=1S/C13H18N2O3/c1-3-4-5-9-15(2)12(16)10-7-6-8-11(14-10)13(17)18/h6-8H,3-5,9H2,1-2H3,(H,17,18). The van der Waals surface area contributed by atoms with Crippen molar-refractivity contribution in [3.8, 4) is 0 Å². The van der Waals surface area contributed by atoms with E-state index in [1.165, 1.54) is 18.2 Å². The number of carboxylic acid groups (broad SMARTS) is 1. The van der Waals surface area contributed by atoms with Crippen LogP contribution in [0.25, 0.3) is 0 Å².